The smallest absolute Gasteiger partial charge is 0.0882 e. The van der Waals surface area contributed by atoms with Gasteiger partial charge in [0.15, 0.2) is 0 Å². The van der Waals surface area contributed by atoms with Crippen LogP contribution < -0.4 is 5.32 Å². The van der Waals surface area contributed by atoms with Gasteiger partial charge in [0.25, 0.3) is 0 Å². The summed E-state index contributed by atoms with van der Waals surface area (Å²) in [5, 5.41) is 2.21. The first-order chi connectivity index (χ1) is 4.48. The Kier molecular flexibility index (Phi) is 3.91. The van der Waals surface area contributed by atoms with E-state index in [1.807, 2.05) is 0 Å². The molecule has 0 aliphatic heterocycles. The van der Waals surface area contributed by atoms with E-state index in [2.05, 4.69) is 45.1 Å². The number of quaternary nitrogens is 1. The Hall–Kier alpha value is -0.0800. The zero-order chi connectivity index (χ0) is 8.20. The Labute approximate surface area is 64.6 Å². The van der Waals surface area contributed by atoms with Crippen molar-refractivity contribution >= 4 is 0 Å². The minimum atomic E-state index is 0.322. The second kappa shape index (κ2) is 3.94. The summed E-state index contributed by atoms with van der Waals surface area (Å²) in [6, 6.07) is 0. The minimum Gasteiger partial charge on any atom is -0.348 e. The van der Waals surface area contributed by atoms with Crippen molar-refractivity contribution in [1.82, 2.24) is 4.90 Å². The maximum Gasteiger partial charge on any atom is 0.0882 e. The molecule has 0 spiro atoms. The Balaban J connectivity index is 3.52. The highest BCUT2D eigenvalue weighted by Crippen LogP contribution is 2.08. The first-order valence-corrected chi connectivity index (χ1v) is 3.97. The average molecular weight is 145 g/mol. The van der Waals surface area contributed by atoms with E-state index in [1.54, 1.807) is 0 Å². The van der Waals surface area contributed by atoms with Gasteiger partial charge in [0, 0.05) is 12.1 Å². The summed E-state index contributed by atoms with van der Waals surface area (Å²) in [6.07, 6.45) is 0. The molecule has 2 heteroatoms. The number of hydrogen-bond acceptors (Lipinski definition) is 1. The van der Waals surface area contributed by atoms with Crippen molar-refractivity contribution in [3.8, 4) is 0 Å². The Morgan fingerprint density at radius 1 is 1.30 bits per heavy atom. The average Bonchev–Trinajstić information content (AvgIpc) is 1.80. The molecule has 0 aromatic rings. The topological polar surface area (TPSA) is 19.9 Å². The first kappa shape index (κ1) is 9.92. The van der Waals surface area contributed by atoms with Crippen molar-refractivity contribution < 1.29 is 5.32 Å². The lowest BCUT2D eigenvalue weighted by Gasteiger charge is -2.30. The fourth-order valence-electron chi connectivity index (χ4n) is 0.658. The van der Waals surface area contributed by atoms with Gasteiger partial charge in [0.05, 0.1) is 13.6 Å². The summed E-state index contributed by atoms with van der Waals surface area (Å²) in [5.41, 5.74) is 0.322. The zero-order valence-electron chi connectivity index (χ0n) is 7.94. The number of likely N-dealkylation sites (N-methyl/N-ethyl adjacent to an activating group) is 2. The molecule has 0 fully saturated rings. The molecule has 0 rings (SSSR count). The zero-order valence-corrected chi connectivity index (χ0v) is 7.94. The highest BCUT2D eigenvalue weighted by molar-refractivity contribution is 4.71. The van der Waals surface area contributed by atoms with Crippen molar-refractivity contribution in [2.24, 2.45) is 0 Å². The lowest BCUT2D eigenvalue weighted by atomic mass is 10.1. The van der Waals surface area contributed by atoms with Gasteiger partial charge < -0.3 is 5.32 Å². The molecule has 0 aromatic carbocycles. The quantitative estimate of drug-likeness (QED) is 0.588. The molecule has 0 amide bonds. The highest BCUT2D eigenvalue weighted by atomic mass is 15.2. The van der Waals surface area contributed by atoms with Crippen LogP contribution in [-0.4, -0.2) is 37.6 Å². The van der Waals surface area contributed by atoms with E-state index < -0.39 is 0 Å². The van der Waals surface area contributed by atoms with Crippen LogP contribution in [0.5, 0.6) is 0 Å². The predicted molar refractivity (Wildman–Crippen MR) is 45.1 cm³/mol. The van der Waals surface area contributed by atoms with Crippen molar-refractivity contribution in [3.05, 3.63) is 0 Å². The molecule has 62 valence electrons. The van der Waals surface area contributed by atoms with Gasteiger partial charge in [-0.05, 0) is 27.8 Å². The SMILES string of the molecule is C[NH2+]CCN(C)C(C)(C)C. The van der Waals surface area contributed by atoms with Gasteiger partial charge >= 0.3 is 0 Å². The van der Waals surface area contributed by atoms with Crippen LogP contribution in [0.25, 0.3) is 0 Å². The Morgan fingerprint density at radius 3 is 2.10 bits per heavy atom. The van der Waals surface area contributed by atoms with Gasteiger partial charge in [-0.25, -0.2) is 0 Å². The van der Waals surface area contributed by atoms with Gasteiger partial charge in [-0.15, -0.1) is 0 Å². The van der Waals surface area contributed by atoms with Gasteiger partial charge in [0.2, 0.25) is 0 Å². The summed E-state index contributed by atoms with van der Waals surface area (Å²) in [5.74, 6) is 0. The maximum absolute atomic E-state index is 2.37. The molecular weight excluding hydrogens is 124 g/mol. The van der Waals surface area contributed by atoms with Gasteiger partial charge in [0.1, 0.15) is 0 Å². The lowest BCUT2D eigenvalue weighted by Crippen LogP contribution is -2.81. The lowest BCUT2D eigenvalue weighted by molar-refractivity contribution is -0.626. The van der Waals surface area contributed by atoms with E-state index in [0.717, 1.165) is 0 Å². The summed E-state index contributed by atoms with van der Waals surface area (Å²) >= 11 is 0. The second-order valence-corrected chi connectivity index (χ2v) is 3.79. The molecule has 0 aliphatic carbocycles. The molecule has 2 N–H and O–H groups in total. The van der Waals surface area contributed by atoms with Gasteiger partial charge in [-0.2, -0.15) is 0 Å². The second-order valence-electron chi connectivity index (χ2n) is 3.79. The normalized spacial score (nSPS) is 12.6. The monoisotopic (exact) mass is 145 g/mol. The third-order valence-electron chi connectivity index (χ3n) is 1.90. The van der Waals surface area contributed by atoms with Gasteiger partial charge in [-0.3, -0.25) is 4.90 Å². The molecule has 0 aliphatic rings. The van der Waals surface area contributed by atoms with Crippen LogP contribution >= 0.6 is 0 Å². The predicted octanol–water partition coefficient (Wildman–Crippen LogP) is -0.0901. The largest absolute Gasteiger partial charge is 0.348 e. The number of hydrogen-bond donors (Lipinski definition) is 1. The van der Waals surface area contributed by atoms with Crippen LogP contribution in [0.15, 0.2) is 0 Å². The minimum absolute atomic E-state index is 0.322. The van der Waals surface area contributed by atoms with Crippen LogP contribution in [0.1, 0.15) is 20.8 Å². The van der Waals surface area contributed by atoms with Crippen molar-refractivity contribution in [3.63, 3.8) is 0 Å². The fourth-order valence-corrected chi connectivity index (χ4v) is 0.658. The van der Waals surface area contributed by atoms with Crippen molar-refractivity contribution in [2.75, 3.05) is 27.2 Å². The summed E-state index contributed by atoms with van der Waals surface area (Å²) in [6.45, 7) is 9.07. The number of rotatable bonds is 3. The summed E-state index contributed by atoms with van der Waals surface area (Å²) in [4.78, 5) is 2.37. The molecule has 0 atom stereocenters. The van der Waals surface area contributed by atoms with Crippen LogP contribution in [0.2, 0.25) is 0 Å². The van der Waals surface area contributed by atoms with E-state index in [9.17, 15) is 0 Å². The van der Waals surface area contributed by atoms with E-state index in [0.29, 0.717) is 5.54 Å². The Morgan fingerprint density at radius 2 is 1.80 bits per heavy atom. The molecule has 0 aromatic heterocycles. The molecule has 0 heterocycles. The molecule has 2 nitrogen and oxygen atoms in total. The Bertz CT molecular complexity index is 83.7. The third-order valence-corrected chi connectivity index (χ3v) is 1.90. The van der Waals surface area contributed by atoms with E-state index >= 15 is 0 Å². The van der Waals surface area contributed by atoms with Gasteiger partial charge in [-0.1, -0.05) is 0 Å². The molecule has 0 saturated heterocycles. The van der Waals surface area contributed by atoms with Crippen molar-refractivity contribution in [2.45, 2.75) is 26.3 Å². The first-order valence-electron chi connectivity index (χ1n) is 3.97. The summed E-state index contributed by atoms with van der Waals surface area (Å²) < 4.78 is 0. The molecular formula is C8H21N2+. The maximum atomic E-state index is 2.37. The standard InChI is InChI=1S/C8H20N2/c1-8(2,3)10(5)7-6-9-4/h9H,6-7H2,1-5H3/p+1. The molecule has 10 heavy (non-hydrogen) atoms. The summed E-state index contributed by atoms with van der Waals surface area (Å²) in [7, 11) is 4.28. The third kappa shape index (κ3) is 3.85. The highest BCUT2D eigenvalue weighted by Gasteiger charge is 2.15. The molecule has 0 saturated carbocycles. The fraction of sp³-hybridized carbons (Fsp3) is 1.00. The van der Waals surface area contributed by atoms with Crippen LogP contribution in [0, 0.1) is 0 Å². The van der Waals surface area contributed by atoms with E-state index in [4.69, 9.17) is 0 Å². The van der Waals surface area contributed by atoms with Crippen LogP contribution in [0.3, 0.4) is 0 Å². The molecule has 0 radical (unpaired) electrons. The molecule has 0 unspecified atom stereocenters. The van der Waals surface area contributed by atoms with Crippen molar-refractivity contribution in [1.29, 1.82) is 0 Å². The van der Waals surface area contributed by atoms with E-state index in [-0.39, 0.29) is 0 Å². The van der Waals surface area contributed by atoms with Crippen LogP contribution in [-0.2, 0) is 0 Å². The number of nitrogens with zero attached hydrogens (tertiary/aromatic N) is 1. The van der Waals surface area contributed by atoms with E-state index in [1.165, 1.54) is 13.1 Å². The molecule has 0 bridgehead atoms. The number of nitrogens with two attached hydrogens (primary N) is 1. The van der Waals surface area contributed by atoms with Crippen LogP contribution in [0.4, 0.5) is 0 Å².